The third-order valence-electron chi connectivity index (χ3n) is 4.00. The number of carbonyl (C=O) groups excluding carboxylic acids is 1. The standard InChI is InChI=1S/C18H20N2O2/c1-20-10-8-16(9-11-20)22-18-7-3-6-17(19-18)15-5-2-4-14(12-15)13-21/h2-7,12-13,16H,8-11H2,1H3. The van der Waals surface area contributed by atoms with Crippen LogP contribution < -0.4 is 4.74 Å². The molecule has 0 unspecified atom stereocenters. The minimum atomic E-state index is 0.236. The van der Waals surface area contributed by atoms with Gasteiger partial charge in [0.25, 0.3) is 0 Å². The van der Waals surface area contributed by atoms with Crippen LogP contribution in [0.4, 0.5) is 0 Å². The van der Waals surface area contributed by atoms with Gasteiger partial charge in [-0.05, 0) is 32.0 Å². The number of carbonyl (C=O) groups is 1. The van der Waals surface area contributed by atoms with Crippen LogP contribution in [-0.2, 0) is 0 Å². The molecule has 0 radical (unpaired) electrons. The van der Waals surface area contributed by atoms with Crippen molar-refractivity contribution in [3.8, 4) is 17.1 Å². The van der Waals surface area contributed by atoms with Crippen molar-refractivity contribution in [3.63, 3.8) is 0 Å². The van der Waals surface area contributed by atoms with Crippen molar-refractivity contribution in [2.45, 2.75) is 18.9 Å². The summed E-state index contributed by atoms with van der Waals surface area (Å²) in [5, 5.41) is 0. The number of aldehydes is 1. The lowest BCUT2D eigenvalue weighted by atomic mass is 10.1. The minimum Gasteiger partial charge on any atom is -0.474 e. The molecule has 0 saturated carbocycles. The van der Waals surface area contributed by atoms with Gasteiger partial charge in [-0.2, -0.15) is 0 Å². The van der Waals surface area contributed by atoms with Crippen LogP contribution in [0.3, 0.4) is 0 Å². The first-order valence-electron chi connectivity index (χ1n) is 7.62. The van der Waals surface area contributed by atoms with Gasteiger partial charge in [-0.3, -0.25) is 4.79 Å². The van der Waals surface area contributed by atoms with E-state index >= 15 is 0 Å². The Hall–Kier alpha value is -2.20. The van der Waals surface area contributed by atoms with Crippen LogP contribution in [0.15, 0.2) is 42.5 Å². The molecular formula is C18H20N2O2. The van der Waals surface area contributed by atoms with Crippen LogP contribution in [-0.4, -0.2) is 42.4 Å². The molecule has 0 amide bonds. The van der Waals surface area contributed by atoms with Gasteiger partial charge in [0.15, 0.2) is 0 Å². The smallest absolute Gasteiger partial charge is 0.214 e. The van der Waals surface area contributed by atoms with E-state index in [9.17, 15) is 4.79 Å². The lowest BCUT2D eigenvalue weighted by Crippen LogP contribution is -2.35. The summed E-state index contributed by atoms with van der Waals surface area (Å²) < 4.78 is 6.02. The number of rotatable bonds is 4. The molecule has 114 valence electrons. The van der Waals surface area contributed by atoms with Gasteiger partial charge in [0, 0.05) is 30.3 Å². The molecule has 3 rings (SSSR count). The Kier molecular flexibility index (Phi) is 4.49. The number of pyridine rings is 1. The monoisotopic (exact) mass is 296 g/mol. The van der Waals surface area contributed by atoms with E-state index in [0.717, 1.165) is 43.5 Å². The van der Waals surface area contributed by atoms with Crippen LogP contribution in [0.5, 0.6) is 5.88 Å². The zero-order valence-corrected chi connectivity index (χ0v) is 12.7. The highest BCUT2D eigenvalue weighted by Gasteiger charge is 2.18. The van der Waals surface area contributed by atoms with Gasteiger partial charge in [-0.1, -0.05) is 24.3 Å². The molecule has 0 aliphatic carbocycles. The van der Waals surface area contributed by atoms with Gasteiger partial charge in [0.1, 0.15) is 12.4 Å². The molecule has 2 heterocycles. The highest BCUT2D eigenvalue weighted by molar-refractivity contribution is 5.78. The Morgan fingerprint density at radius 1 is 1.18 bits per heavy atom. The fourth-order valence-corrected chi connectivity index (χ4v) is 2.69. The van der Waals surface area contributed by atoms with Crippen LogP contribution in [0.2, 0.25) is 0 Å². The maximum absolute atomic E-state index is 10.9. The highest BCUT2D eigenvalue weighted by atomic mass is 16.5. The molecule has 4 nitrogen and oxygen atoms in total. The summed E-state index contributed by atoms with van der Waals surface area (Å²) in [6.45, 7) is 2.12. The number of hydrogen-bond donors (Lipinski definition) is 0. The largest absolute Gasteiger partial charge is 0.474 e. The van der Waals surface area contributed by atoms with E-state index in [0.29, 0.717) is 11.4 Å². The van der Waals surface area contributed by atoms with Gasteiger partial charge in [0.05, 0.1) is 5.69 Å². The average Bonchev–Trinajstić information content (AvgIpc) is 2.57. The second kappa shape index (κ2) is 6.71. The molecule has 0 atom stereocenters. The molecule has 1 fully saturated rings. The SMILES string of the molecule is CN1CCC(Oc2cccc(-c3cccc(C=O)c3)n2)CC1. The van der Waals surface area contributed by atoms with Crippen molar-refractivity contribution in [2.24, 2.45) is 0 Å². The number of hydrogen-bond acceptors (Lipinski definition) is 4. The molecule has 1 aliphatic rings. The summed E-state index contributed by atoms with van der Waals surface area (Å²) in [5.41, 5.74) is 2.41. The second-order valence-electron chi connectivity index (χ2n) is 5.72. The topological polar surface area (TPSA) is 42.4 Å². The van der Waals surface area contributed by atoms with Crippen molar-refractivity contribution in [2.75, 3.05) is 20.1 Å². The van der Waals surface area contributed by atoms with Crippen molar-refractivity contribution in [1.82, 2.24) is 9.88 Å². The van der Waals surface area contributed by atoms with E-state index in [1.807, 2.05) is 36.4 Å². The number of likely N-dealkylation sites (tertiary alicyclic amines) is 1. The van der Waals surface area contributed by atoms with Crippen LogP contribution in [0.25, 0.3) is 11.3 Å². The van der Waals surface area contributed by atoms with Crippen molar-refractivity contribution in [3.05, 3.63) is 48.0 Å². The van der Waals surface area contributed by atoms with Crippen molar-refractivity contribution < 1.29 is 9.53 Å². The van der Waals surface area contributed by atoms with Crippen LogP contribution in [0.1, 0.15) is 23.2 Å². The van der Waals surface area contributed by atoms with E-state index in [-0.39, 0.29) is 6.10 Å². The first kappa shape index (κ1) is 14.7. The van der Waals surface area contributed by atoms with E-state index in [1.54, 1.807) is 6.07 Å². The summed E-state index contributed by atoms with van der Waals surface area (Å²) in [7, 11) is 2.13. The first-order valence-corrected chi connectivity index (χ1v) is 7.62. The highest BCUT2D eigenvalue weighted by Crippen LogP contribution is 2.22. The fraction of sp³-hybridized carbons (Fsp3) is 0.333. The molecule has 0 bridgehead atoms. The molecule has 1 saturated heterocycles. The molecule has 1 aromatic carbocycles. The summed E-state index contributed by atoms with van der Waals surface area (Å²) in [6, 6.07) is 13.2. The quantitative estimate of drug-likeness (QED) is 0.813. The molecule has 1 aromatic heterocycles. The summed E-state index contributed by atoms with van der Waals surface area (Å²) in [5.74, 6) is 0.656. The number of piperidine rings is 1. The number of benzene rings is 1. The van der Waals surface area contributed by atoms with Gasteiger partial charge in [0.2, 0.25) is 5.88 Å². The third kappa shape index (κ3) is 3.52. The molecule has 2 aromatic rings. The normalized spacial score (nSPS) is 16.4. The summed E-state index contributed by atoms with van der Waals surface area (Å²) >= 11 is 0. The molecule has 0 spiro atoms. The van der Waals surface area contributed by atoms with Crippen molar-refractivity contribution >= 4 is 6.29 Å². The predicted octanol–water partition coefficient (Wildman–Crippen LogP) is 3.03. The predicted molar refractivity (Wildman–Crippen MR) is 86.2 cm³/mol. The van der Waals surface area contributed by atoms with Gasteiger partial charge in [-0.25, -0.2) is 4.98 Å². The summed E-state index contributed by atoms with van der Waals surface area (Å²) in [6.07, 6.45) is 3.15. The van der Waals surface area contributed by atoms with E-state index in [4.69, 9.17) is 4.74 Å². The molecule has 0 N–H and O–H groups in total. The fourth-order valence-electron chi connectivity index (χ4n) is 2.69. The van der Waals surface area contributed by atoms with Crippen LogP contribution in [0, 0.1) is 0 Å². The lowest BCUT2D eigenvalue weighted by Gasteiger charge is -2.29. The van der Waals surface area contributed by atoms with E-state index in [2.05, 4.69) is 16.9 Å². The molecular weight excluding hydrogens is 276 g/mol. The Labute approximate surface area is 130 Å². The summed E-state index contributed by atoms with van der Waals surface area (Å²) in [4.78, 5) is 17.8. The molecule has 1 aliphatic heterocycles. The van der Waals surface area contributed by atoms with Gasteiger partial charge >= 0.3 is 0 Å². The lowest BCUT2D eigenvalue weighted by molar-refractivity contribution is 0.110. The zero-order valence-electron chi connectivity index (χ0n) is 12.7. The Balaban J connectivity index is 1.76. The second-order valence-corrected chi connectivity index (χ2v) is 5.72. The minimum absolute atomic E-state index is 0.236. The molecule has 4 heteroatoms. The molecule has 22 heavy (non-hydrogen) atoms. The maximum atomic E-state index is 10.9. The Morgan fingerprint density at radius 3 is 2.73 bits per heavy atom. The maximum Gasteiger partial charge on any atom is 0.214 e. The van der Waals surface area contributed by atoms with Crippen molar-refractivity contribution in [1.29, 1.82) is 0 Å². The number of aromatic nitrogens is 1. The Morgan fingerprint density at radius 2 is 1.95 bits per heavy atom. The average molecular weight is 296 g/mol. The van der Waals surface area contributed by atoms with E-state index in [1.165, 1.54) is 0 Å². The first-order chi connectivity index (χ1) is 10.7. The number of nitrogens with zero attached hydrogens (tertiary/aromatic N) is 2. The van der Waals surface area contributed by atoms with E-state index < -0.39 is 0 Å². The van der Waals surface area contributed by atoms with Gasteiger partial charge in [-0.15, -0.1) is 0 Å². The Bertz CT molecular complexity index is 649. The van der Waals surface area contributed by atoms with Crippen LogP contribution >= 0.6 is 0 Å². The van der Waals surface area contributed by atoms with Gasteiger partial charge < -0.3 is 9.64 Å². The zero-order chi connectivity index (χ0) is 15.4. The third-order valence-corrected chi connectivity index (χ3v) is 4.00. The number of ether oxygens (including phenoxy) is 1.